The number of aromatic amines is 2. The van der Waals surface area contributed by atoms with Gasteiger partial charge in [0.15, 0.2) is 5.82 Å². The Kier molecular flexibility index (Phi) is 2.97. The second-order valence-electron chi connectivity index (χ2n) is 6.28. The van der Waals surface area contributed by atoms with Gasteiger partial charge in [-0.2, -0.15) is 0 Å². The van der Waals surface area contributed by atoms with Crippen LogP contribution in [0.2, 0.25) is 0 Å². The van der Waals surface area contributed by atoms with E-state index in [1.165, 1.54) is 16.7 Å². The first-order chi connectivity index (χ1) is 12.3. The highest BCUT2D eigenvalue weighted by Crippen LogP contribution is 2.27. The molecule has 3 aromatic carbocycles. The van der Waals surface area contributed by atoms with Gasteiger partial charge in [0.2, 0.25) is 0 Å². The van der Waals surface area contributed by atoms with Crippen LogP contribution < -0.4 is 0 Å². The van der Waals surface area contributed by atoms with Crippen LogP contribution in [0.5, 0.6) is 0 Å². The molecule has 4 nitrogen and oxygen atoms in total. The van der Waals surface area contributed by atoms with Crippen LogP contribution in [0.3, 0.4) is 0 Å². The molecule has 5 aromatic rings. The van der Waals surface area contributed by atoms with Gasteiger partial charge in [-0.3, -0.25) is 0 Å². The molecule has 0 amide bonds. The number of rotatable bonds is 2. The fraction of sp³-hybridized carbons (Fsp3) is 0.0476. The number of aromatic nitrogens is 4. The number of benzene rings is 3. The molecule has 0 fully saturated rings. The number of nitrogens with zero attached hydrogens (tertiary/aromatic N) is 2. The Morgan fingerprint density at radius 3 is 2.32 bits per heavy atom. The molecule has 0 unspecified atom stereocenters. The summed E-state index contributed by atoms with van der Waals surface area (Å²) in [7, 11) is 0. The zero-order valence-corrected chi connectivity index (χ0v) is 13.7. The van der Waals surface area contributed by atoms with Crippen molar-refractivity contribution in [3.05, 3.63) is 72.4 Å². The molecule has 4 heteroatoms. The number of H-pyrrole nitrogens is 2. The molecule has 0 spiro atoms. The number of hydrogen-bond acceptors (Lipinski definition) is 2. The zero-order valence-electron chi connectivity index (χ0n) is 13.7. The predicted molar refractivity (Wildman–Crippen MR) is 101 cm³/mol. The molecule has 2 N–H and O–H groups in total. The fourth-order valence-corrected chi connectivity index (χ4v) is 3.27. The Morgan fingerprint density at radius 2 is 1.52 bits per heavy atom. The van der Waals surface area contributed by atoms with Crippen molar-refractivity contribution in [3.8, 4) is 22.5 Å². The quantitative estimate of drug-likeness (QED) is 0.475. The summed E-state index contributed by atoms with van der Waals surface area (Å²) >= 11 is 0. The third-order valence-corrected chi connectivity index (χ3v) is 4.63. The Morgan fingerprint density at radius 1 is 0.800 bits per heavy atom. The average Bonchev–Trinajstić information content (AvgIpc) is 3.26. The molecule has 0 radical (unpaired) electrons. The third-order valence-electron chi connectivity index (χ3n) is 4.63. The lowest BCUT2D eigenvalue weighted by Crippen LogP contribution is -1.84. The van der Waals surface area contributed by atoms with Crippen molar-refractivity contribution >= 4 is 21.9 Å². The van der Waals surface area contributed by atoms with Crippen molar-refractivity contribution in [3.63, 3.8) is 0 Å². The van der Waals surface area contributed by atoms with E-state index in [1.54, 1.807) is 0 Å². The Hall–Kier alpha value is -3.40. The maximum Gasteiger partial charge on any atom is 0.160 e. The van der Waals surface area contributed by atoms with E-state index in [2.05, 4.69) is 76.7 Å². The number of nitrogens with one attached hydrogen (secondary N) is 2. The zero-order chi connectivity index (χ0) is 16.8. The summed E-state index contributed by atoms with van der Waals surface area (Å²) in [6.45, 7) is 2.13. The summed E-state index contributed by atoms with van der Waals surface area (Å²) in [6, 6.07) is 21.0. The molecule has 0 aliphatic carbocycles. The molecule has 2 aromatic heterocycles. The molecule has 0 bridgehead atoms. The monoisotopic (exact) mass is 324 g/mol. The Labute approximate surface area is 144 Å². The van der Waals surface area contributed by atoms with Gasteiger partial charge in [0.1, 0.15) is 0 Å². The van der Waals surface area contributed by atoms with Gasteiger partial charge in [-0.15, -0.1) is 0 Å². The minimum absolute atomic E-state index is 0.767. The Balaban J connectivity index is 1.56. The van der Waals surface area contributed by atoms with E-state index in [0.29, 0.717) is 0 Å². The van der Waals surface area contributed by atoms with Gasteiger partial charge in [-0.1, -0.05) is 48.5 Å². The van der Waals surface area contributed by atoms with Gasteiger partial charge < -0.3 is 10.2 Å². The van der Waals surface area contributed by atoms with Crippen molar-refractivity contribution in [2.24, 2.45) is 0 Å². The molecule has 0 aliphatic heterocycles. The minimum atomic E-state index is 0.767. The number of hydrogen-bond donors (Lipinski definition) is 2. The highest BCUT2D eigenvalue weighted by molar-refractivity contribution is 5.94. The average molecular weight is 324 g/mol. The van der Waals surface area contributed by atoms with Crippen LogP contribution in [0.1, 0.15) is 5.56 Å². The molecular formula is C21H16N4. The summed E-state index contributed by atoms with van der Waals surface area (Å²) < 4.78 is 0. The molecule has 120 valence electrons. The fourth-order valence-electron chi connectivity index (χ4n) is 3.27. The van der Waals surface area contributed by atoms with E-state index in [9.17, 15) is 0 Å². The topological polar surface area (TPSA) is 57.4 Å². The van der Waals surface area contributed by atoms with Crippen LogP contribution in [0, 0.1) is 6.92 Å². The van der Waals surface area contributed by atoms with E-state index < -0.39 is 0 Å². The van der Waals surface area contributed by atoms with Crippen LogP contribution in [0.25, 0.3) is 44.5 Å². The van der Waals surface area contributed by atoms with Gasteiger partial charge >= 0.3 is 0 Å². The summed E-state index contributed by atoms with van der Waals surface area (Å²) in [5, 5.41) is 7.20. The lowest BCUT2D eigenvalue weighted by Gasteiger charge is -2.06. The van der Waals surface area contributed by atoms with Gasteiger partial charge in [0, 0.05) is 17.1 Å². The van der Waals surface area contributed by atoms with E-state index in [4.69, 9.17) is 4.98 Å². The predicted octanol–water partition coefficient (Wildman–Crippen LogP) is 5.08. The normalized spacial score (nSPS) is 11.4. The summed E-state index contributed by atoms with van der Waals surface area (Å²) in [6.07, 6.45) is 1.93. The van der Waals surface area contributed by atoms with Crippen LogP contribution in [-0.2, 0) is 0 Å². The molecule has 25 heavy (non-hydrogen) atoms. The van der Waals surface area contributed by atoms with Crippen molar-refractivity contribution < 1.29 is 0 Å². The summed E-state index contributed by atoms with van der Waals surface area (Å²) in [5.41, 5.74) is 7.63. The van der Waals surface area contributed by atoms with Gasteiger partial charge in [0.05, 0.1) is 16.6 Å². The first-order valence-electron chi connectivity index (χ1n) is 8.28. The Bertz CT molecular complexity index is 1150. The van der Waals surface area contributed by atoms with E-state index in [1.807, 2.05) is 12.3 Å². The van der Waals surface area contributed by atoms with E-state index in [0.717, 1.165) is 33.3 Å². The largest absolute Gasteiger partial charge is 0.307 e. The first-order valence-corrected chi connectivity index (χ1v) is 8.28. The molecule has 5 rings (SSSR count). The third kappa shape index (κ3) is 2.31. The summed E-state index contributed by atoms with van der Waals surface area (Å²) in [4.78, 5) is 9.38. The molecule has 0 saturated heterocycles. The number of aryl methyl sites for hydroxylation is 1. The number of imidazole rings is 1. The standard InChI is InChI=1S/C21H16N4/c1-13-4-2-3-5-17(13)14-6-8-15(9-7-14)21-23-19-10-16-12-22-25-18(16)11-20(19)24-21/h2-12,22,25H,1H3. The molecule has 0 aliphatic rings. The van der Waals surface area contributed by atoms with Crippen molar-refractivity contribution in [1.82, 2.24) is 20.2 Å². The smallest absolute Gasteiger partial charge is 0.160 e. The van der Waals surface area contributed by atoms with Crippen molar-refractivity contribution in [2.45, 2.75) is 6.92 Å². The van der Waals surface area contributed by atoms with Crippen LogP contribution in [0.4, 0.5) is 0 Å². The second-order valence-corrected chi connectivity index (χ2v) is 6.28. The van der Waals surface area contributed by atoms with E-state index >= 15 is 0 Å². The molecule has 0 saturated carbocycles. The lowest BCUT2D eigenvalue weighted by molar-refractivity contribution is 1.12. The second kappa shape index (κ2) is 5.31. The minimum Gasteiger partial charge on any atom is -0.307 e. The lowest BCUT2D eigenvalue weighted by atomic mass is 9.99. The summed E-state index contributed by atoms with van der Waals surface area (Å²) in [5.74, 6) is 0.767. The van der Waals surface area contributed by atoms with Crippen molar-refractivity contribution in [1.29, 1.82) is 0 Å². The van der Waals surface area contributed by atoms with Crippen LogP contribution >= 0.6 is 0 Å². The van der Waals surface area contributed by atoms with Gasteiger partial charge in [0.25, 0.3) is 0 Å². The van der Waals surface area contributed by atoms with Crippen LogP contribution in [-0.4, -0.2) is 20.2 Å². The number of fused-ring (bicyclic) bond motifs is 2. The van der Waals surface area contributed by atoms with Gasteiger partial charge in [-0.25, -0.2) is 9.97 Å². The maximum absolute atomic E-state index is 4.69. The molecule has 2 heterocycles. The van der Waals surface area contributed by atoms with E-state index in [-0.39, 0.29) is 0 Å². The van der Waals surface area contributed by atoms with Crippen LogP contribution in [0.15, 0.2) is 66.9 Å². The van der Waals surface area contributed by atoms with Gasteiger partial charge in [-0.05, 0) is 35.7 Å². The molecular weight excluding hydrogens is 308 g/mol. The molecule has 0 atom stereocenters. The maximum atomic E-state index is 4.69. The highest BCUT2D eigenvalue weighted by Gasteiger charge is 2.09. The van der Waals surface area contributed by atoms with Crippen molar-refractivity contribution in [2.75, 3.05) is 0 Å². The highest BCUT2D eigenvalue weighted by atomic mass is 15.1. The SMILES string of the molecule is Cc1ccccc1-c1ccc(-c2nc3cc4c[nH][nH]c4cc3n2)cc1. The first kappa shape index (κ1) is 14.0.